The molecule has 0 saturated carbocycles. The molecule has 22 heavy (non-hydrogen) atoms. The number of rotatable bonds is 1. The summed E-state index contributed by atoms with van der Waals surface area (Å²) in [4.78, 5) is 25.3. The van der Waals surface area contributed by atoms with Crippen molar-refractivity contribution in [1.82, 2.24) is 10.2 Å². The van der Waals surface area contributed by atoms with Gasteiger partial charge >= 0.3 is 12.2 Å². The first-order chi connectivity index (χ1) is 9.91. The van der Waals surface area contributed by atoms with E-state index in [2.05, 4.69) is 11.4 Å². The smallest absolute Gasteiger partial charge is 0.410 e. The molecule has 0 spiro atoms. The van der Waals surface area contributed by atoms with Crippen LogP contribution < -0.4 is 5.32 Å². The minimum absolute atomic E-state index is 0.228. The van der Waals surface area contributed by atoms with Crippen LogP contribution in [0.2, 0.25) is 0 Å². The summed E-state index contributed by atoms with van der Waals surface area (Å²) in [6.07, 6.45) is -1.08. The van der Waals surface area contributed by atoms with Crippen LogP contribution in [0, 0.1) is 17.2 Å². The molecule has 7 heteroatoms. The van der Waals surface area contributed by atoms with Gasteiger partial charge in [-0.2, -0.15) is 5.26 Å². The zero-order valence-corrected chi connectivity index (χ0v) is 14.1. The van der Waals surface area contributed by atoms with Gasteiger partial charge in [-0.1, -0.05) is 0 Å². The Kier molecular flexibility index (Phi) is 5.28. The highest BCUT2D eigenvalue weighted by Gasteiger charge is 2.38. The van der Waals surface area contributed by atoms with Crippen LogP contribution >= 0.6 is 0 Å². The van der Waals surface area contributed by atoms with E-state index in [1.165, 1.54) is 4.90 Å². The monoisotopic (exact) mass is 311 g/mol. The highest BCUT2D eigenvalue weighted by Crippen LogP contribution is 2.20. The number of hydrogen-bond acceptors (Lipinski definition) is 5. The molecular formula is C15H25N3O4. The van der Waals surface area contributed by atoms with Crippen LogP contribution in [-0.2, 0) is 9.47 Å². The number of carbonyl (C=O) groups is 2. The fourth-order valence-corrected chi connectivity index (χ4v) is 2.02. The molecule has 2 atom stereocenters. The van der Waals surface area contributed by atoms with Crippen LogP contribution in [0.5, 0.6) is 0 Å². The van der Waals surface area contributed by atoms with Crippen LogP contribution in [0.3, 0.4) is 0 Å². The molecule has 1 saturated heterocycles. The predicted octanol–water partition coefficient (Wildman–Crippen LogP) is 2.27. The maximum absolute atomic E-state index is 12.0. The second kappa shape index (κ2) is 6.42. The number of nitrogens with zero attached hydrogens (tertiary/aromatic N) is 2. The summed E-state index contributed by atoms with van der Waals surface area (Å²) in [5.74, 6) is -0.486. The molecule has 1 fully saturated rings. The summed E-state index contributed by atoms with van der Waals surface area (Å²) < 4.78 is 10.5. The lowest BCUT2D eigenvalue weighted by Gasteiger charge is -2.24. The predicted molar refractivity (Wildman–Crippen MR) is 80.1 cm³/mol. The number of hydrogen-bond donors (Lipinski definition) is 1. The minimum Gasteiger partial charge on any atom is -0.444 e. The highest BCUT2D eigenvalue weighted by atomic mass is 16.6. The summed E-state index contributed by atoms with van der Waals surface area (Å²) in [7, 11) is 0. The fraction of sp³-hybridized carbons (Fsp3) is 0.800. The second-order valence-corrected chi connectivity index (χ2v) is 7.37. The lowest BCUT2D eigenvalue weighted by atomic mass is 10.1. The topological polar surface area (TPSA) is 91.7 Å². The quantitative estimate of drug-likeness (QED) is 0.802. The highest BCUT2D eigenvalue weighted by molar-refractivity contribution is 5.70. The Morgan fingerprint density at radius 3 is 2.09 bits per heavy atom. The van der Waals surface area contributed by atoms with Gasteiger partial charge < -0.3 is 19.7 Å². The molecule has 1 rings (SSSR count). The molecule has 0 unspecified atom stereocenters. The van der Waals surface area contributed by atoms with Crippen molar-refractivity contribution in [2.24, 2.45) is 5.92 Å². The number of carbonyl (C=O) groups excluding carboxylic acids is 2. The minimum atomic E-state index is -0.615. The number of likely N-dealkylation sites (tertiary alicyclic amines) is 1. The van der Waals surface area contributed by atoms with Crippen molar-refractivity contribution in [3.05, 3.63) is 0 Å². The lowest BCUT2D eigenvalue weighted by Crippen LogP contribution is -2.43. The lowest BCUT2D eigenvalue weighted by molar-refractivity contribution is 0.0281. The van der Waals surface area contributed by atoms with E-state index in [1.54, 1.807) is 41.5 Å². The summed E-state index contributed by atoms with van der Waals surface area (Å²) in [5.41, 5.74) is -1.22. The van der Waals surface area contributed by atoms with Crippen molar-refractivity contribution in [2.75, 3.05) is 13.1 Å². The van der Waals surface area contributed by atoms with E-state index in [-0.39, 0.29) is 13.1 Å². The Hall–Kier alpha value is -1.97. The van der Waals surface area contributed by atoms with Gasteiger partial charge in [0.15, 0.2) is 0 Å². The molecule has 124 valence electrons. The van der Waals surface area contributed by atoms with Gasteiger partial charge in [0, 0.05) is 13.1 Å². The van der Waals surface area contributed by atoms with Crippen molar-refractivity contribution in [1.29, 1.82) is 5.26 Å². The average molecular weight is 311 g/mol. The van der Waals surface area contributed by atoms with Crippen LogP contribution in [0.15, 0.2) is 0 Å². The summed E-state index contributed by atoms with van der Waals surface area (Å²) in [6, 6.07) is 1.64. The normalized spacial score (nSPS) is 22.0. The number of nitrogens with one attached hydrogen (secondary N) is 1. The standard InChI is InChI=1S/C15H25N3O4/c1-14(2,3)21-12(19)17-11-9-18(8-10(11)7-16)13(20)22-15(4,5)6/h10-11H,8-9H2,1-6H3,(H,17,19)/t10-,11-/m1/s1. The van der Waals surface area contributed by atoms with Gasteiger partial charge in [-0.3, -0.25) is 0 Å². The van der Waals surface area contributed by atoms with Gasteiger partial charge in [-0.15, -0.1) is 0 Å². The van der Waals surface area contributed by atoms with E-state index in [4.69, 9.17) is 9.47 Å². The van der Waals surface area contributed by atoms with E-state index < -0.39 is 35.3 Å². The molecule has 1 aliphatic rings. The zero-order chi connectivity index (χ0) is 17.1. The molecule has 0 aliphatic carbocycles. The van der Waals surface area contributed by atoms with E-state index in [0.29, 0.717) is 0 Å². The van der Waals surface area contributed by atoms with Gasteiger partial charge in [0.05, 0.1) is 18.0 Å². The van der Waals surface area contributed by atoms with E-state index in [1.807, 2.05) is 0 Å². The summed E-state index contributed by atoms with van der Waals surface area (Å²) in [6.45, 7) is 11.1. The molecule has 1 heterocycles. The van der Waals surface area contributed by atoms with Crippen LogP contribution in [0.4, 0.5) is 9.59 Å². The Labute approximate surface area is 131 Å². The van der Waals surface area contributed by atoms with Crippen LogP contribution in [0.25, 0.3) is 0 Å². The molecule has 0 aromatic heterocycles. The fourth-order valence-electron chi connectivity index (χ4n) is 2.02. The van der Waals surface area contributed by atoms with Crippen molar-refractivity contribution in [3.63, 3.8) is 0 Å². The van der Waals surface area contributed by atoms with E-state index in [9.17, 15) is 14.9 Å². The average Bonchev–Trinajstić information content (AvgIpc) is 2.67. The molecule has 0 aromatic carbocycles. The van der Waals surface area contributed by atoms with Crippen LogP contribution in [-0.4, -0.2) is 47.4 Å². The Morgan fingerprint density at radius 1 is 1.09 bits per heavy atom. The third-order valence-corrected chi connectivity index (χ3v) is 2.84. The van der Waals surface area contributed by atoms with Crippen molar-refractivity contribution in [2.45, 2.75) is 58.8 Å². The molecule has 0 radical (unpaired) electrons. The third-order valence-electron chi connectivity index (χ3n) is 2.84. The molecule has 1 aliphatic heterocycles. The maximum Gasteiger partial charge on any atom is 0.410 e. The third kappa shape index (κ3) is 5.80. The van der Waals surface area contributed by atoms with Crippen molar-refractivity contribution >= 4 is 12.2 Å². The molecule has 1 N–H and O–H groups in total. The molecule has 0 aromatic rings. The van der Waals surface area contributed by atoms with E-state index in [0.717, 1.165) is 0 Å². The number of nitriles is 1. The first-order valence-corrected chi connectivity index (χ1v) is 7.28. The number of ether oxygens (including phenoxy) is 2. The van der Waals surface area contributed by atoms with Crippen molar-refractivity contribution < 1.29 is 19.1 Å². The van der Waals surface area contributed by atoms with E-state index >= 15 is 0 Å². The van der Waals surface area contributed by atoms with Gasteiger partial charge in [-0.05, 0) is 41.5 Å². The molecule has 7 nitrogen and oxygen atoms in total. The Bertz CT molecular complexity index is 471. The number of amides is 2. The second-order valence-electron chi connectivity index (χ2n) is 7.37. The summed E-state index contributed by atoms with van der Waals surface area (Å²) >= 11 is 0. The number of alkyl carbamates (subject to hydrolysis) is 1. The van der Waals surface area contributed by atoms with Gasteiger partial charge in [0.25, 0.3) is 0 Å². The van der Waals surface area contributed by atoms with Crippen molar-refractivity contribution in [3.8, 4) is 6.07 Å². The molecule has 2 amide bonds. The van der Waals surface area contributed by atoms with Crippen LogP contribution in [0.1, 0.15) is 41.5 Å². The van der Waals surface area contributed by atoms with Gasteiger partial charge in [0.1, 0.15) is 11.2 Å². The van der Waals surface area contributed by atoms with Gasteiger partial charge in [0.2, 0.25) is 0 Å². The largest absolute Gasteiger partial charge is 0.444 e. The first-order valence-electron chi connectivity index (χ1n) is 7.28. The Balaban J connectivity index is 2.64. The maximum atomic E-state index is 12.0. The summed E-state index contributed by atoms with van der Waals surface area (Å²) in [5, 5.41) is 11.8. The molecular weight excluding hydrogens is 286 g/mol. The Morgan fingerprint density at radius 2 is 1.64 bits per heavy atom. The van der Waals surface area contributed by atoms with Gasteiger partial charge in [-0.25, -0.2) is 9.59 Å². The zero-order valence-electron chi connectivity index (χ0n) is 14.1. The molecule has 0 bridgehead atoms. The first kappa shape index (κ1) is 18.1. The SMILES string of the molecule is CC(C)(C)OC(=O)N[C@@H]1CN(C(=O)OC(C)(C)C)C[C@H]1C#N.